The minimum absolute atomic E-state index is 0.479. The predicted molar refractivity (Wildman–Crippen MR) is 205 cm³/mol. The third kappa shape index (κ3) is 4.93. The average molecular weight is 623 g/mol. The van der Waals surface area contributed by atoms with E-state index in [1.807, 2.05) is 0 Å². The van der Waals surface area contributed by atoms with Crippen molar-refractivity contribution in [2.75, 3.05) is 0 Å². The Hall–Kier alpha value is -6.24. The Morgan fingerprint density at radius 3 is 0.837 bits per heavy atom. The second-order valence-corrected chi connectivity index (χ2v) is 12.9. The summed E-state index contributed by atoms with van der Waals surface area (Å²) in [5.41, 5.74) is 17.1. The first kappa shape index (κ1) is 28.9. The van der Waals surface area contributed by atoms with Gasteiger partial charge in [0.25, 0.3) is 0 Å². The quantitative estimate of drug-likeness (QED) is 0.173. The van der Waals surface area contributed by atoms with Crippen LogP contribution in [-0.2, 0) is 5.41 Å². The number of rotatable bonds is 6. The zero-order valence-corrected chi connectivity index (χ0v) is 27.1. The molecular weight excluding hydrogens is 589 g/mol. The van der Waals surface area contributed by atoms with Crippen molar-refractivity contribution in [3.63, 3.8) is 0 Å². The molecule has 1 aliphatic carbocycles. The SMILES string of the molecule is c1ccc(-c2ccc(-c3ccc4c(c3)C(c3ccccc3)(c3ccccc3)c3cc(-c5ccc(-c6ccccc6)cc5)ccc3-4)cc2)cc1. The van der Waals surface area contributed by atoms with E-state index in [0.717, 1.165) is 0 Å². The first-order valence-electron chi connectivity index (χ1n) is 17.0. The first-order chi connectivity index (χ1) is 24.3. The Balaban J connectivity index is 1.22. The van der Waals surface area contributed by atoms with Crippen LogP contribution in [0, 0.1) is 0 Å². The Kier molecular flexibility index (Phi) is 7.14. The Labute approximate surface area is 288 Å². The lowest BCUT2D eigenvalue weighted by molar-refractivity contribution is 0.769. The minimum atomic E-state index is -0.479. The van der Waals surface area contributed by atoms with E-state index >= 15 is 0 Å². The van der Waals surface area contributed by atoms with Crippen molar-refractivity contribution in [1.82, 2.24) is 0 Å². The molecule has 0 heteroatoms. The largest absolute Gasteiger partial charge is 0.0713 e. The molecule has 0 radical (unpaired) electrons. The van der Waals surface area contributed by atoms with Crippen LogP contribution in [-0.4, -0.2) is 0 Å². The second-order valence-electron chi connectivity index (χ2n) is 12.9. The van der Waals surface area contributed by atoms with E-state index in [2.05, 4.69) is 206 Å². The third-order valence-corrected chi connectivity index (χ3v) is 10.2. The molecule has 8 aromatic rings. The summed E-state index contributed by atoms with van der Waals surface area (Å²) >= 11 is 0. The lowest BCUT2D eigenvalue weighted by atomic mass is 9.67. The number of hydrogen-bond acceptors (Lipinski definition) is 0. The van der Waals surface area contributed by atoms with E-state index in [1.165, 1.54) is 77.9 Å². The molecule has 49 heavy (non-hydrogen) atoms. The lowest BCUT2D eigenvalue weighted by Gasteiger charge is -2.34. The van der Waals surface area contributed by atoms with E-state index < -0.39 is 5.41 Å². The van der Waals surface area contributed by atoms with Crippen LogP contribution in [0.25, 0.3) is 55.6 Å². The molecule has 8 aromatic carbocycles. The molecular formula is C49H34. The summed E-state index contributed by atoms with van der Waals surface area (Å²) in [5.74, 6) is 0. The topological polar surface area (TPSA) is 0 Å². The van der Waals surface area contributed by atoms with Crippen LogP contribution < -0.4 is 0 Å². The summed E-state index contributed by atoms with van der Waals surface area (Å²) in [5, 5.41) is 0. The summed E-state index contributed by atoms with van der Waals surface area (Å²) in [6.45, 7) is 0. The van der Waals surface area contributed by atoms with Gasteiger partial charge in [-0.05, 0) is 90.0 Å². The molecule has 0 saturated heterocycles. The highest BCUT2D eigenvalue weighted by atomic mass is 14.5. The van der Waals surface area contributed by atoms with Crippen LogP contribution in [0.5, 0.6) is 0 Å². The van der Waals surface area contributed by atoms with E-state index in [1.54, 1.807) is 0 Å². The van der Waals surface area contributed by atoms with Gasteiger partial charge in [0.1, 0.15) is 0 Å². The molecule has 0 bridgehead atoms. The highest BCUT2D eigenvalue weighted by Gasteiger charge is 2.46. The molecule has 9 rings (SSSR count). The van der Waals surface area contributed by atoms with Gasteiger partial charge >= 0.3 is 0 Å². The van der Waals surface area contributed by atoms with Crippen LogP contribution in [0.15, 0.2) is 206 Å². The molecule has 0 fully saturated rings. The molecule has 230 valence electrons. The van der Waals surface area contributed by atoms with Gasteiger partial charge in [0.2, 0.25) is 0 Å². The molecule has 0 spiro atoms. The van der Waals surface area contributed by atoms with Crippen LogP contribution in [0.3, 0.4) is 0 Å². The van der Waals surface area contributed by atoms with Gasteiger partial charge in [-0.1, -0.05) is 194 Å². The zero-order chi connectivity index (χ0) is 32.6. The fourth-order valence-corrected chi connectivity index (χ4v) is 7.82. The van der Waals surface area contributed by atoms with Crippen molar-refractivity contribution in [2.24, 2.45) is 0 Å². The van der Waals surface area contributed by atoms with Gasteiger partial charge in [-0.25, -0.2) is 0 Å². The van der Waals surface area contributed by atoms with Gasteiger partial charge in [0.05, 0.1) is 5.41 Å². The highest BCUT2D eigenvalue weighted by molar-refractivity contribution is 5.90. The predicted octanol–water partition coefficient (Wildman–Crippen LogP) is 12.7. The van der Waals surface area contributed by atoms with Gasteiger partial charge in [0, 0.05) is 0 Å². The Morgan fingerprint density at radius 2 is 0.490 bits per heavy atom. The van der Waals surface area contributed by atoms with Gasteiger partial charge in [-0.15, -0.1) is 0 Å². The van der Waals surface area contributed by atoms with E-state index in [4.69, 9.17) is 0 Å². The minimum Gasteiger partial charge on any atom is -0.0622 e. The maximum absolute atomic E-state index is 2.45. The molecule has 0 saturated carbocycles. The van der Waals surface area contributed by atoms with E-state index in [-0.39, 0.29) is 0 Å². The van der Waals surface area contributed by atoms with E-state index in [9.17, 15) is 0 Å². The normalized spacial score (nSPS) is 12.7. The maximum Gasteiger partial charge on any atom is 0.0713 e. The van der Waals surface area contributed by atoms with Crippen molar-refractivity contribution < 1.29 is 0 Å². The average Bonchev–Trinajstić information content (AvgIpc) is 3.49. The van der Waals surface area contributed by atoms with Crippen molar-refractivity contribution in [2.45, 2.75) is 5.41 Å². The van der Waals surface area contributed by atoms with Crippen LogP contribution in [0.1, 0.15) is 22.3 Å². The molecule has 0 aromatic heterocycles. The Morgan fingerprint density at radius 1 is 0.224 bits per heavy atom. The van der Waals surface area contributed by atoms with Crippen molar-refractivity contribution in [3.05, 3.63) is 229 Å². The summed E-state index contributed by atoms with van der Waals surface area (Å²) in [6, 6.07) is 75.5. The van der Waals surface area contributed by atoms with Crippen molar-refractivity contribution in [3.8, 4) is 55.6 Å². The number of hydrogen-bond donors (Lipinski definition) is 0. The smallest absolute Gasteiger partial charge is 0.0622 e. The van der Waals surface area contributed by atoms with Crippen LogP contribution in [0.2, 0.25) is 0 Å². The Bertz CT molecular complexity index is 2200. The molecule has 0 heterocycles. The highest BCUT2D eigenvalue weighted by Crippen LogP contribution is 2.57. The maximum atomic E-state index is 2.45. The van der Waals surface area contributed by atoms with Gasteiger partial charge in [-0.2, -0.15) is 0 Å². The van der Waals surface area contributed by atoms with Gasteiger partial charge in [0.15, 0.2) is 0 Å². The van der Waals surface area contributed by atoms with Crippen molar-refractivity contribution >= 4 is 0 Å². The number of fused-ring (bicyclic) bond motifs is 3. The van der Waals surface area contributed by atoms with E-state index in [0.29, 0.717) is 0 Å². The fourth-order valence-electron chi connectivity index (χ4n) is 7.82. The summed E-state index contributed by atoms with van der Waals surface area (Å²) in [6.07, 6.45) is 0. The monoisotopic (exact) mass is 622 g/mol. The molecule has 0 aliphatic heterocycles. The first-order valence-corrected chi connectivity index (χ1v) is 17.0. The zero-order valence-electron chi connectivity index (χ0n) is 27.1. The fraction of sp³-hybridized carbons (Fsp3) is 0.0204. The van der Waals surface area contributed by atoms with Crippen molar-refractivity contribution in [1.29, 1.82) is 0 Å². The lowest BCUT2D eigenvalue weighted by Crippen LogP contribution is -2.28. The van der Waals surface area contributed by atoms with Crippen LogP contribution in [0.4, 0.5) is 0 Å². The van der Waals surface area contributed by atoms with Gasteiger partial charge < -0.3 is 0 Å². The summed E-state index contributed by atoms with van der Waals surface area (Å²) in [4.78, 5) is 0. The second kappa shape index (κ2) is 12.1. The van der Waals surface area contributed by atoms with Crippen LogP contribution >= 0.6 is 0 Å². The summed E-state index contributed by atoms with van der Waals surface area (Å²) in [7, 11) is 0. The standard InChI is InChI=1S/C49H34/c1-5-13-35(14-6-1)37-21-25-39(26-22-37)41-29-31-45-46-32-30-42(40-27-23-38(24-28-40)36-15-7-2-8-16-36)34-48(46)49(47(45)33-41,43-17-9-3-10-18-43)44-19-11-4-12-20-44/h1-34H. The van der Waals surface area contributed by atoms with Gasteiger partial charge in [-0.3, -0.25) is 0 Å². The molecule has 0 N–H and O–H groups in total. The molecule has 1 aliphatic rings. The number of benzene rings is 8. The summed E-state index contributed by atoms with van der Waals surface area (Å²) < 4.78 is 0. The third-order valence-electron chi connectivity index (χ3n) is 10.2. The molecule has 0 unspecified atom stereocenters. The molecule has 0 amide bonds. The molecule has 0 atom stereocenters. The molecule has 0 nitrogen and oxygen atoms in total.